The number of hydrogen-bond donors (Lipinski definition) is 1. The lowest BCUT2D eigenvalue weighted by atomic mass is 10.4. The molecule has 80 valence electrons. The highest BCUT2D eigenvalue weighted by molar-refractivity contribution is 7.15. The van der Waals surface area contributed by atoms with Crippen LogP contribution in [0.2, 0.25) is 0 Å². The van der Waals surface area contributed by atoms with Crippen molar-refractivity contribution in [1.29, 1.82) is 0 Å². The Morgan fingerprint density at radius 3 is 2.73 bits per heavy atom. The van der Waals surface area contributed by atoms with Gasteiger partial charge in [0.1, 0.15) is 4.88 Å². The summed E-state index contributed by atoms with van der Waals surface area (Å²) in [6, 6.07) is 0. The summed E-state index contributed by atoms with van der Waals surface area (Å²) in [7, 11) is 0. The Balaban J connectivity index is 2.32. The zero-order chi connectivity index (χ0) is 10.8. The monoisotopic (exact) mass is 224 g/mol. The van der Waals surface area contributed by atoms with Gasteiger partial charge in [0.15, 0.2) is 5.82 Å². The molecule has 0 saturated heterocycles. The van der Waals surface area contributed by atoms with E-state index in [1.54, 1.807) is 11.3 Å². The molecule has 6 heteroatoms. The van der Waals surface area contributed by atoms with Gasteiger partial charge in [0.05, 0.1) is 10.7 Å². The number of aryl methyl sites for hydroxylation is 2. The third-order valence-electron chi connectivity index (χ3n) is 1.93. The van der Waals surface area contributed by atoms with Crippen molar-refractivity contribution in [2.75, 3.05) is 6.54 Å². The van der Waals surface area contributed by atoms with Crippen molar-refractivity contribution in [2.45, 2.75) is 20.3 Å². The molecule has 0 unspecified atom stereocenters. The Hall–Kier alpha value is -1.27. The van der Waals surface area contributed by atoms with Crippen molar-refractivity contribution in [3.63, 3.8) is 0 Å². The van der Waals surface area contributed by atoms with Crippen LogP contribution in [0.5, 0.6) is 0 Å². The lowest BCUT2D eigenvalue weighted by molar-refractivity contribution is 0.423. The normalized spacial score (nSPS) is 10.9. The van der Waals surface area contributed by atoms with Crippen LogP contribution in [0.25, 0.3) is 10.8 Å². The summed E-state index contributed by atoms with van der Waals surface area (Å²) in [5.74, 6) is 1.19. The fraction of sp³-hybridized carbons (Fsp3) is 0.444. The fourth-order valence-electron chi connectivity index (χ4n) is 1.31. The molecule has 2 N–H and O–H groups in total. The molecule has 0 radical (unpaired) electrons. The van der Waals surface area contributed by atoms with Crippen molar-refractivity contribution in [1.82, 2.24) is 15.1 Å². The number of nitrogens with zero attached hydrogens (tertiary/aromatic N) is 3. The maximum absolute atomic E-state index is 5.41. The second-order valence-corrected chi connectivity index (χ2v) is 4.41. The quantitative estimate of drug-likeness (QED) is 0.850. The van der Waals surface area contributed by atoms with Crippen LogP contribution in [0, 0.1) is 13.8 Å². The summed E-state index contributed by atoms with van der Waals surface area (Å²) in [5.41, 5.74) is 6.34. The third-order valence-corrected chi connectivity index (χ3v) is 2.99. The second kappa shape index (κ2) is 4.08. The van der Waals surface area contributed by atoms with Gasteiger partial charge in [0, 0.05) is 6.42 Å². The molecular formula is C9H12N4OS. The smallest absolute Gasteiger partial charge is 0.269 e. The topological polar surface area (TPSA) is 77.8 Å². The van der Waals surface area contributed by atoms with Crippen molar-refractivity contribution >= 4 is 11.3 Å². The Morgan fingerprint density at radius 2 is 2.13 bits per heavy atom. The first-order valence-corrected chi connectivity index (χ1v) is 5.49. The molecule has 0 fully saturated rings. The van der Waals surface area contributed by atoms with Crippen LogP contribution >= 0.6 is 11.3 Å². The first-order valence-electron chi connectivity index (χ1n) is 4.67. The van der Waals surface area contributed by atoms with Gasteiger partial charge in [-0.25, -0.2) is 4.98 Å². The van der Waals surface area contributed by atoms with Gasteiger partial charge < -0.3 is 10.3 Å². The van der Waals surface area contributed by atoms with Gasteiger partial charge in [-0.3, -0.25) is 0 Å². The maximum Gasteiger partial charge on any atom is 0.269 e. The van der Waals surface area contributed by atoms with Gasteiger partial charge in [-0.15, -0.1) is 11.3 Å². The van der Waals surface area contributed by atoms with E-state index in [0.717, 1.165) is 15.6 Å². The summed E-state index contributed by atoms with van der Waals surface area (Å²) in [6.45, 7) is 4.42. The SMILES string of the molecule is Cc1nc(C)c(-c2nc(CCN)no2)s1. The lowest BCUT2D eigenvalue weighted by Crippen LogP contribution is -2.03. The molecule has 0 saturated carbocycles. The van der Waals surface area contributed by atoms with Gasteiger partial charge in [-0.2, -0.15) is 4.98 Å². The molecule has 2 aromatic rings. The Bertz CT molecular complexity index is 462. The molecular weight excluding hydrogens is 212 g/mol. The second-order valence-electron chi connectivity index (χ2n) is 3.20. The average molecular weight is 224 g/mol. The van der Waals surface area contributed by atoms with Crippen LogP contribution in [0.4, 0.5) is 0 Å². The summed E-state index contributed by atoms with van der Waals surface area (Å²) in [4.78, 5) is 9.51. The minimum Gasteiger partial charge on any atom is -0.333 e. The van der Waals surface area contributed by atoms with E-state index >= 15 is 0 Å². The summed E-state index contributed by atoms with van der Waals surface area (Å²) in [6.07, 6.45) is 0.639. The maximum atomic E-state index is 5.41. The predicted molar refractivity (Wildman–Crippen MR) is 57.6 cm³/mol. The van der Waals surface area contributed by atoms with E-state index in [2.05, 4.69) is 15.1 Å². The molecule has 2 aromatic heterocycles. The molecule has 0 spiro atoms. The van der Waals surface area contributed by atoms with E-state index in [4.69, 9.17) is 10.3 Å². The van der Waals surface area contributed by atoms with Crippen LogP contribution in [0.3, 0.4) is 0 Å². The Labute approximate surface area is 91.3 Å². The fourth-order valence-corrected chi connectivity index (χ4v) is 2.15. The predicted octanol–water partition coefficient (Wildman–Crippen LogP) is 1.31. The van der Waals surface area contributed by atoms with Gasteiger partial charge >= 0.3 is 0 Å². The molecule has 0 amide bonds. The number of nitrogens with two attached hydrogens (primary N) is 1. The largest absolute Gasteiger partial charge is 0.333 e. The zero-order valence-corrected chi connectivity index (χ0v) is 9.47. The summed E-state index contributed by atoms with van der Waals surface area (Å²) in [5, 5.41) is 4.85. The van der Waals surface area contributed by atoms with Crippen LogP contribution in [0.15, 0.2) is 4.52 Å². The lowest BCUT2D eigenvalue weighted by Gasteiger charge is -1.87. The first-order chi connectivity index (χ1) is 7.20. The third kappa shape index (κ3) is 2.05. The van der Waals surface area contributed by atoms with Gasteiger partial charge in [0.2, 0.25) is 0 Å². The Morgan fingerprint density at radius 1 is 1.33 bits per heavy atom. The van der Waals surface area contributed by atoms with Crippen LogP contribution in [-0.4, -0.2) is 21.7 Å². The van der Waals surface area contributed by atoms with Gasteiger partial charge in [0.25, 0.3) is 5.89 Å². The van der Waals surface area contributed by atoms with Crippen molar-refractivity contribution < 1.29 is 4.52 Å². The van der Waals surface area contributed by atoms with E-state index in [1.165, 1.54) is 0 Å². The molecule has 2 heterocycles. The molecule has 0 aromatic carbocycles. The van der Waals surface area contributed by atoms with Crippen molar-refractivity contribution in [2.24, 2.45) is 5.73 Å². The highest BCUT2D eigenvalue weighted by Crippen LogP contribution is 2.27. The van der Waals surface area contributed by atoms with Crippen molar-refractivity contribution in [3.05, 3.63) is 16.5 Å². The van der Waals surface area contributed by atoms with Crippen LogP contribution < -0.4 is 5.73 Å². The molecule has 0 aliphatic carbocycles. The minimum atomic E-state index is 0.527. The van der Waals surface area contributed by atoms with E-state index in [1.807, 2.05) is 13.8 Å². The number of hydrogen-bond acceptors (Lipinski definition) is 6. The molecule has 0 atom stereocenters. The molecule has 0 aliphatic heterocycles. The molecule has 0 aliphatic rings. The summed E-state index contributed by atoms with van der Waals surface area (Å²) < 4.78 is 5.15. The van der Waals surface area contributed by atoms with E-state index in [-0.39, 0.29) is 0 Å². The van der Waals surface area contributed by atoms with Gasteiger partial charge in [-0.1, -0.05) is 5.16 Å². The number of aromatic nitrogens is 3. The van der Waals surface area contributed by atoms with Crippen LogP contribution in [0.1, 0.15) is 16.5 Å². The molecule has 5 nitrogen and oxygen atoms in total. The minimum absolute atomic E-state index is 0.527. The number of thiazole rings is 1. The standard InChI is InChI=1S/C9H12N4OS/c1-5-8(15-6(2)11-5)9-12-7(3-4-10)13-14-9/h3-4,10H2,1-2H3. The van der Waals surface area contributed by atoms with Gasteiger partial charge in [-0.05, 0) is 20.4 Å². The van der Waals surface area contributed by atoms with E-state index < -0.39 is 0 Å². The van der Waals surface area contributed by atoms with Crippen LogP contribution in [-0.2, 0) is 6.42 Å². The number of rotatable bonds is 3. The molecule has 15 heavy (non-hydrogen) atoms. The Kier molecular flexibility index (Phi) is 2.79. The summed E-state index contributed by atoms with van der Waals surface area (Å²) >= 11 is 1.56. The highest BCUT2D eigenvalue weighted by atomic mass is 32.1. The zero-order valence-electron chi connectivity index (χ0n) is 8.65. The first kappa shape index (κ1) is 10.3. The van der Waals surface area contributed by atoms with E-state index in [9.17, 15) is 0 Å². The highest BCUT2D eigenvalue weighted by Gasteiger charge is 2.14. The van der Waals surface area contributed by atoms with E-state index in [0.29, 0.717) is 24.7 Å². The molecule has 2 rings (SSSR count). The molecule has 0 bridgehead atoms. The average Bonchev–Trinajstić information content (AvgIpc) is 2.73. The van der Waals surface area contributed by atoms with Crippen molar-refractivity contribution in [3.8, 4) is 10.8 Å².